The number of aromatic nitrogens is 3. The fourth-order valence-corrected chi connectivity index (χ4v) is 4.58. The molecule has 0 aliphatic carbocycles. The molecule has 2 unspecified atom stereocenters. The molecule has 0 saturated carbocycles. The molecule has 1 aliphatic rings. The number of methoxy groups -OCH3 is 1. The van der Waals surface area contributed by atoms with Crippen LogP contribution in [0.3, 0.4) is 0 Å². The van der Waals surface area contributed by atoms with Crippen LogP contribution in [0, 0.1) is 19.8 Å². The lowest BCUT2D eigenvalue weighted by Gasteiger charge is -2.32. The van der Waals surface area contributed by atoms with Crippen LogP contribution in [0.4, 0.5) is 0 Å². The summed E-state index contributed by atoms with van der Waals surface area (Å²) in [7, 11) is 3.49. The van der Waals surface area contributed by atoms with E-state index in [0.29, 0.717) is 18.7 Å². The van der Waals surface area contributed by atoms with Gasteiger partial charge in [0.15, 0.2) is 5.65 Å². The monoisotopic (exact) mass is 401 g/mol. The summed E-state index contributed by atoms with van der Waals surface area (Å²) in [5, 5.41) is 8.50. The summed E-state index contributed by atoms with van der Waals surface area (Å²) in [6.07, 6.45) is 3.69. The third-order valence-corrected chi connectivity index (χ3v) is 6.00. The molecule has 29 heavy (non-hydrogen) atoms. The average Bonchev–Trinajstić information content (AvgIpc) is 2.97. The van der Waals surface area contributed by atoms with Gasteiger partial charge in [0.05, 0.1) is 12.5 Å². The molecule has 2 aromatic heterocycles. The Bertz CT molecular complexity index is 876. The molecular weight excluding hydrogens is 366 g/mol. The topological polar surface area (TPSA) is 72.3 Å². The molecule has 0 aromatic carbocycles. The van der Waals surface area contributed by atoms with Gasteiger partial charge in [-0.3, -0.25) is 4.79 Å². The first-order chi connectivity index (χ1) is 13.8. The highest BCUT2D eigenvalue weighted by molar-refractivity contribution is 5.86. The van der Waals surface area contributed by atoms with Gasteiger partial charge in [-0.15, -0.1) is 5.10 Å². The van der Waals surface area contributed by atoms with E-state index in [1.165, 1.54) is 12.8 Å². The van der Waals surface area contributed by atoms with Crippen molar-refractivity contribution in [1.82, 2.24) is 25.0 Å². The normalized spacial score (nSPS) is 18.8. The number of ether oxygens (including phenoxy) is 1. The SMILES string of the molecule is COc1nn(C)c2nc(C)c(CCC(=O)NC(C)CN3CCCC(C)C3)c(C)c12. The van der Waals surface area contributed by atoms with Crippen molar-refractivity contribution in [2.24, 2.45) is 13.0 Å². The fraction of sp³-hybridized carbons (Fsp3) is 0.682. The molecule has 3 rings (SSSR count). The minimum Gasteiger partial charge on any atom is -0.479 e. The van der Waals surface area contributed by atoms with Gasteiger partial charge in [-0.2, -0.15) is 0 Å². The number of fused-ring (bicyclic) bond motifs is 1. The molecule has 1 fully saturated rings. The van der Waals surface area contributed by atoms with Gasteiger partial charge in [-0.05, 0) is 63.6 Å². The van der Waals surface area contributed by atoms with Crippen molar-refractivity contribution >= 4 is 16.9 Å². The molecule has 1 saturated heterocycles. The highest BCUT2D eigenvalue weighted by atomic mass is 16.5. The molecule has 0 spiro atoms. The Labute approximate surface area is 173 Å². The first-order valence-electron chi connectivity index (χ1n) is 10.7. The molecule has 0 radical (unpaired) electrons. The summed E-state index contributed by atoms with van der Waals surface area (Å²) in [6, 6.07) is 0.161. The zero-order chi connectivity index (χ0) is 21.1. The highest BCUT2D eigenvalue weighted by Crippen LogP contribution is 2.30. The van der Waals surface area contributed by atoms with Crippen molar-refractivity contribution in [3.63, 3.8) is 0 Å². The predicted octanol–water partition coefficient (Wildman–Crippen LogP) is 2.76. The molecular formula is C22H35N5O2. The lowest BCUT2D eigenvalue weighted by Crippen LogP contribution is -2.45. The van der Waals surface area contributed by atoms with E-state index in [1.807, 2.05) is 14.0 Å². The molecule has 3 heterocycles. The third kappa shape index (κ3) is 4.89. The van der Waals surface area contributed by atoms with Crippen molar-refractivity contribution in [3.05, 3.63) is 16.8 Å². The van der Waals surface area contributed by atoms with Gasteiger partial charge in [0.2, 0.25) is 11.8 Å². The average molecular weight is 402 g/mol. The lowest BCUT2D eigenvalue weighted by atomic mass is 9.99. The van der Waals surface area contributed by atoms with Crippen molar-refractivity contribution in [2.75, 3.05) is 26.7 Å². The summed E-state index contributed by atoms with van der Waals surface area (Å²) >= 11 is 0. The Kier molecular flexibility index (Phi) is 6.77. The maximum absolute atomic E-state index is 12.6. The summed E-state index contributed by atoms with van der Waals surface area (Å²) < 4.78 is 7.17. The number of hydrogen-bond acceptors (Lipinski definition) is 5. The van der Waals surface area contributed by atoms with Gasteiger partial charge in [0.25, 0.3) is 0 Å². The molecule has 7 nitrogen and oxygen atoms in total. The van der Waals surface area contributed by atoms with Gasteiger partial charge in [-0.25, -0.2) is 9.67 Å². The predicted molar refractivity (Wildman–Crippen MR) is 115 cm³/mol. The summed E-state index contributed by atoms with van der Waals surface area (Å²) in [5.74, 6) is 1.44. The molecule has 0 bridgehead atoms. The van der Waals surface area contributed by atoms with Crippen molar-refractivity contribution < 1.29 is 9.53 Å². The standard InChI is InChI=1S/C22H35N5O2/c1-14-8-7-11-27(12-14)13-15(2)23-19(28)10-9-18-16(3)20-21(24-17(18)4)26(5)25-22(20)29-6/h14-15H,7-13H2,1-6H3,(H,23,28). The highest BCUT2D eigenvalue weighted by Gasteiger charge is 2.20. The number of piperidine rings is 1. The van der Waals surface area contributed by atoms with E-state index in [-0.39, 0.29) is 11.9 Å². The number of carbonyl (C=O) groups is 1. The van der Waals surface area contributed by atoms with E-state index in [4.69, 9.17) is 9.72 Å². The number of rotatable bonds is 7. The number of pyridine rings is 1. The van der Waals surface area contributed by atoms with E-state index in [2.05, 4.69) is 36.1 Å². The molecule has 1 aliphatic heterocycles. The minimum atomic E-state index is 0.0969. The van der Waals surface area contributed by atoms with Crippen LogP contribution in [0.5, 0.6) is 5.88 Å². The zero-order valence-electron chi connectivity index (χ0n) is 18.7. The number of nitrogens with zero attached hydrogens (tertiary/aromatic N) is 4. The van der Waals surface area contributed by atoms with Crippen molar-refractivity contribution in [2.45, 2.75) is 59.4 Å². The molecule has 1 N–H and O–H groups in total. The minimum absolute atomic E-state index is 0.0969. The second-order valence-electron chi connectivity index (χ2n) is 8.61. The molecule has 1 amide bonds. The van der Waals surface area contributed by atoms with Crippen LogP contribution in [0.15, 0.2) is 0 Å². The second-order valence-corrected chi connectivity index (χ2v) is 8.61. The van der Waals surface area contributed by atoms with Gasteiger partial charge >= 0.3 is 0 Å². The van der Waals surface area contributed by atoms with Gasteiger partial charge in [0, 0.05) is 38.3 Å². The molecule has 160 valence electrons. The van der Waals surface area contributed by atoms with Crippen LogP contribution in [-0.2, 0) is 18.3 Å². The number of nitrogens with one attached hydrogen (secondary N) is 1. The maximum atomic E-state index is 12.6. The quantitative estimate of drug-likeness (QED) is 0.772. The van der Waals surface area contributed by atoms with Crippen LogP contribution < -0.4 is 10.1 Å². The van der Waals surface area contributed by atoms with E-state index < -0.39 is 0 Å². The largest absolute Gasteiger partial charge is 0.479 e. The lowest BCUT2D eigenvalue weighted by molar-refractivity contribution is -0.121. The second kappa shape index (κ2) is 9.11. The Balaban J connectivity index is 1.62. The van der Waals surface area contributed by atoms with Gasteiger partial charge in [-0.1, -0.05) is 6.92 Å². The zero-order valence-corrected chi connectivity index (χ0v) is 18.7. The Hall–Kier alpha value is -2.15. The van der Waals surface area contributed by atoms with E-state index in [0.717, 1.165) is 53.4 Å². The first kappa shape index (κ1) is 21.6. The van der Waals surface area contributed by atoms with Crippen LogP contribution in [0.1, 0.15) is 49.9 Å². The van der Waals surface area contributed by atoms with E-state index in [1.54, 1.807) is 11.8 Å². The number of amides is 1. The van der Waals surface area contributed by atoms with Crippen LogP contribution in [-0.4, -0.2) is 58.4 Å². The van der Waals surface area contributed by atoms with Crippen molar-refractivity contribution in [1.29, 1.82) is 0 Å². The van der Waals surface area contributed by atoms with Crippen molar-refractivity contribution in [3.8, 4) is 5.88 Å². The molecule has 2 atom stereocenters. The van der Waals surface area contributed by atoms with Crippen LogP contribution in [0.25, 0.3) is 11.0 Å². The Morgan fingerprint density at radius 1 is 1.38 bits per heavy atom. The summed E-state index contributed by atoms with van der Waals surface area (Å²) in [4.78, 5) is 19.7. The summed E-state index contributed by atoms with van der Waals surface area (Å²) in [6.45, 7) is 11.7. The Morgan fingerprint density at radius 3 is 2.83 bits per heavy atom. The van der Waals surface area contributed by atoms with Crippen LogP contribution >= 0.6 is 0 Å². The number of carbonyl (C=O) groups excluding carboxylic acids is 1. The summed E-state index contributed by atoms with van der Waals surface area (Å²) in [5.41, 5.74) is 3.97. The number of hydrogen-bond donors (Lipinski definition) is 1. The van der Waals surface area contributed by atoms with E-state index in [9.17, 15) is 4.79 Å². The Morgan fingerprint density at radius 2 is 2.14 bits per heavy atom. The van der Waals surface area contributed by atoms with Gasteiger partial charge < -0.3 is 15.0 Å². The molecule has 7 heteroatoms. The number of likely N-dealkylation sites (tertiary alicyclic amines) is 1. The first-order valence-corrected chi connectivity index (χ1v) is 10.7. The van der Waals surface area contributed by atoms with E-state index >= 15 is 0 Å². The number of aryl methyl sites for hydroxylation is 3. The smallest absolute Gasteiger partial charge is 0.242 e. The van der Waals surface area contributed by atoms with Crippen LogP contribution in [0.2, 0.25) is 0 Å². The van der Waals surface area contributed by atoms with Gasteiger partial charge in [0.1, 0.15) is 0 Å². The fourth-order valence-electron chi connectivity index (χ4n) is 4.58. The third-order valence-electron chi connectivity index (χ3n) is 6.00. The molecule has 2 aromatic rings. The maximum Gasteiger partial charge on any atom is 0.242 e.